The van der Waals surface area contributed by atoms with Gasteiger partial charge in [0.05, 0.1) is 18.0 Å². The van der Waals surface area contributed by atoms with E-state index in [2.05, 4.69) is 9.71 Å². The van der Waals surface area contributed by atoms with E-state index >= 15 is 0 Å². The van der Waals surface area contributed by atoms with Gasteiger partial charge in [0.25, 0.3) is 0 Å². The Morgan fingerprint density at radius 3 is 2.66 bits per heavy atom. The van der Waals surface area contributed by atoms with Crippen molar-refractivity contribution in [2.45, 2.75) is 38.8 Å². The molecule has 2 unspecified atom stereocenters. The number of nitrogens with zero attached hydrogens (tertiary/aromatic N) is 2. The monoisotopic (exact) mass is 419 g/mol. The van der Waals surface area contributed by atoms with Crippen LogP contribution in [0.5, 0.6) is 0 Å². The highest BCUT2D eigenvalue weighted by molar-refractivity contribution is 7.88. The number of halogens is 1. The predicted octanol–water partition coefficient (Wildman–Crippen LogP) is 2.60. The number of benzene rings is 1. The number of rotatable bonds is 6. The normalized spacial score (nSPS) is 19.7. The summed E-state index contributed by atoms with van der Waals surface area (Å²) in [6.07, 6.45) is 2.09. The number of carbonyl (C=O) groups excluding carboxylic acids is 1. The van der Waals surface area contributed by atoms with Crippen molar-refractivity contribution in [3.63, 3.8) is 0 Å². The van der Waals surface area contributed by atoms with Crippen molar-refractivity contribution in [3.8, 4) is 11.3 Å². The molecule has 1 aliphatic heterocycles. The first kappa shape index (κ1) is 21.4. The van der Waals surface area contributed by atoms with Crippen molar-refractivity contribution in [2.75, 3.05) is 12.8 Å². The van der Waals surface area contributed by atoms with E-state index in [0.717, 1.165) is 11.9 Å². The summed E-state index contributed by atoms with van der Waals surface area (Å²) in [6.45, 7) is 4.16. The molecule has 0 bridgehead atoms. The van der Waals surface area contributed by atoms with Gasteiger partial charge in [-0.15, -0.1) is 0 Å². The molecule has 0 spiro atoms. The topological polar surface area (TPSA) is 79.4 Å². The van der Waals surface area contributed by atoms with Gasteiger partial charge in [-0.3, -0.25) is 9.78 Å². The minimum atomic E-state index is -3.41. The Kier molecular flexibility index (Phi) is 6.33. The van der Waals surface area contributed by atoms with E-state index < -0.39 is 10.0 Å². The molecule has 8 heteroatoms. The summed E-state index contributed by atoms with van der Waals surface area (Å²) in [4.78, 5) is 19.1. The van der Waals surface area contributed by atoms with Gasteiger partial charge in [0.2, 0.25) is 15.9 Å². The molecule has 0 aliphatic carbocycles. The second-order valence-electron chi connectivity index (χ2n) is 7.77. The van der Waals surface area contributed by atoms with Crippen LogP contribution in [0, 0.1) is 11.7 Å². The molecule has 1 amide bonds. The number of pyridine rings is 1. The van der Waals surface area contributed by atoms with Crippen LogP contribution in [0.25, 0.3) is 11.3 Å². The molecule has 1 aliphatic rings. The third-order valence-electron chi connectivity index (χ3n) is 5.03. The fourth-order valence-electron chi connectivity index (χ4n) is 3.74. The second kappa shape index (κ2) is 8.59. The maximum absolute atomic E-state index is 13.6. The van der Waals surface area contributed by atoms with Gasteiger partial charge in [-0.05, 0) is 30.7 Å². The van der Waals surface area contributed by atoms with Crippen LogP contribution in [0.4, 0.5) is 4.39 Å². The Morgan fingerprint density at radius 2 is 2.00 bits per heavy atom. The van der Waals surface area contributed by atoms with Crippen LogP contribution < -0.4 is 4.72 Å². The SMILES string of the molecule is CC(C)C(=O)N1CCC(NS(C)(=O)=O)C1Cc1cccc(-c2cccc(F)c2)n1. The van der Waals surface area contributed by atoms with Crippen LogP contribution in [0.15, 0.2) is 42.5 Å². The van der Waals surface area contributed by atoms with Crippen molar-refractivity contribution >= 4 is 15.9 Å². The lowest BCUT2D eigenvalue weighted by molar-refractivity contribution is -0.135. The summed E-state index contributed by atoms with van der Waals surface area (Å²) in [5, 5.41) is 0. The van der Waals surface area contributed by atoms with E-state index in [1.807, 2.05) is 26.0 Å². The predicted molar refractivity (Wildman–Crippen MR) is 110 cm³/mol. The lowest BCUT2D eigenvalue weighted by atomic mass is 10.0. The number of aromatic nitrogens is 1. The van der Waals surface area contributed by atoms with Gasteiger partial charge in [0.15, 0.2) is 0 Å². The zero-order valence-corrected chi connectivity index (χ0v) is 17.6. The summed E-state index contributed by atoms with van der Waals surface area (Å²) in [6, 6.07) is 11.0. The molecular weight excluding hydrogens is 393 g/mol. The van der Waals surface area contributed by atoms with Gasteiger partial charge in [-0.1, -0.05) is 32.0 Å². The van der Waals surface area contributed by atoms with Gasteiger partial charge < -0.3 is 4.90 Å². The highest BCUT2D eigenvalue weighted by Crippen LogP contribution is 2.25. The molecule has 6 nitrogen and oxygen atoms in total. The second-order valence-corrected chi connectivity index (χ2v) is 9.55. The molecule has 0 saturated carbocycles. The highest BCUT2D eigenvalue weighted by Gasteiger charge is 2.39. The number of likely N-dealkylation sites (tertiary alicyclic amines) is 1. The smallest absolute Gasteiger partial charge is 0.225 e. The Balaban J connectivity index is 1.89. The number of hydrogen-bond donors (Lipinski definition) is 1. The standard InChI is InChI=1S/C21H26FN3O3S/c1-14(2)21(26)25-11-10-19(24-29(3,27)28)20(25)13-17-8-5-9-18(23-17)15-6-4-7-16(22)12-15/h4-9,12,14,19-20,24H,10-11,13H2,1-3H3. The van der Waals surface area contributed by atoms with Crippen molar-refractivity contribution in [1.82, 2.24) is 14.6 Å². The molecular formula is C21H26FN3O3S. The summed E-state index contributed by atoms with van der Waals surface area (Å²) in [7, 11) is -3.41. The van der Waals surface area contributed by atoms with Gasteiger partial charge in [-0.2, -0.15) is 0 Å². The van der Waals surface area contributed by atoms with E-state index in [1.165, 1.54) is 12.1 Å². The Hall–Kier alpha value is -2.32. The molecule has 1 N–H and O–H groups in total. The molecule has 3 rings (SSSR count). The minimum Gasteiger partial charge on any atom is -0.337 e. The number of hydrogen-bond acceptors (Lipinski definition) is 4. The van der Waals surface area contributed by atoms with Crippen molar-refractivity contribution in [3.05, 3.63) is 54.0 Å². The Bertz CT molecular complexity index is 994. The molecule has 0 radical (unpaired) electrons. The summed E-state index contributed by atoms with van der Waals surface area (Å²) < 4.78 is 39.8. The molecule has 1 saturated heterocycles. The zero-order valence-electron chi connectivity index (χ0n) is 16.8. The molecule has 29 heavy (non-hydrogen) atoms. The minimum absolute atomic E-state index is 0.00548. The maximum atomic E-state index is 13.6. The number of carbonyl (C=O) groups is 1. The van der Waals surface area contributed by atoms with Gasteiger partial charge >= 0.3 is 0 Å². The molecule has 2 heterocycles. The number of nitrogens with one attached hydrogen (secondary N) is 1. The Morgan fingerprint density at radius 1 is 1.28 bits per heavy atom. The fourth-order valence-corrected chi connectivity index (χ4v) is 4.56. The van der Waals surface area contributed by atoms with Crippen LogP contribution in [0.3, 0.4) is 0 Å². The van der Waals surface area contributed by atoms with E-state index in [1.54, 1.807) is 23.1 Å². The molecule has 1 aromatic heterocycles. The van der Waals surface area contributed by atoms with Crippen LogP contribution in [-0.4, -0.2) is 49.1 Å². The first-order valence-electron chi connectivity index (χ1n) is 9.63. The molecule has 1 fully saturated rings. The summed E-state index contributed by atoms with van der Waals surface area (Å²) in [5.41, 5.74) is 2.02. The summed E-state index contributed by atoms with van der Waals surface area (Å²) >= 11 is 0. The first-order valence-corrected chi connectivity index (χ1v) is 11.5. The van der Waals surface area contributed by atoms with Crippen molar-refractivity contribution < 1.29 is 17.6 Å². The van der Waals surface area contributed by atoms with E-state index in [9.17, 15) is 17.6 Å². The van der Waals surface area contributed by atoms with Crippen LogP contribution >= 0.6 is 0 Å². The third kappa shape index (κ3) is 5.39. The van der Waals surface area contributed by atoms with E-state index in [4.69, 9.17) is 0 Å². The Labute approximate surface area is 171 Å². The molecule has 2 atom stereocenters. The van der Waals surface area contributed by atoms with E-state index in [0.29, 0.717) is 30.6 Å². The first-order chi connectivity index (χ1) is 13.6. The van der Waals surface area contributed by atoms with Gasteiger partial charge in [0.1, 0.15) is 5.82 Å². The lowest BCUT2D eigenvalue weighted by Crippen LogP contribution is -2.48. The van der Waals surface area contributed by atoms with Gasteiger partial charge in [0, 0.05) is 36.2 Å². The molecule has 2 aromatic rings. The zero-order chi connectivity index (χ0) is 21.2. The number of sulfonamides is 1. The quantitative estimate of drug-likeness (QED) is 0.781. The lowest BCUT2D eigenvalue weighted by Gasteiger charge is -2.29. The third-order valence-corrected chi connectivity index (χ3v) is 5.76. The average Bonchev–Trinajstić information content (AvgIpc) is 3.01. The van der Waals surface area contributed by atoms with Gasteiger partial charge in [-0.25, -0.2) is 17.5 Å². The largest absolute Gasteiger partial charge is 0.337 e. The molecule has 156 valence electrons. The van der Waals surface area contributed by atoms with Crippen molar-refractivity contribution in [1.29, 1.82) is 0 Å². The van der Waals surface area contributed by atoms with E-state index in [-0.39, 0.29) is 29.7 Å². The highest BCUT2D eigenvalue weighted by atomic mass is 32.2. The number of amides is 1. The summed E-state index contributed by atoms with van der Waals surface area (Å²) in [5.74, 6) is -0.522. The average molecular weight is 420 g/mol. The maximum Gasteiger partial charge on any atom is 0.225 e. The van der Waals surface area contributed by atoms with Crippen LogP contribution in [-0.2, 0) is 21.2 Å². The fraction of sp³-hybridized carbons (Fsp3) is 0.429. The van der Waals surface area contributed by atoms with Crippen molar-refractivity contribution in [2.24, 2.45) is 5.92 Å². The molecule has 1 aromatic carbocycles. The van der Waals surface area contributed by atoms with Crippen LogP contribution in [0.1, 0.15) is 26.0 Å². The van der Waals surface area contributed by atoms with Crippen LogP contribution in [0.2, 0.25) is 0 Å².